The Kier molecular flexibility index (Phi) is 5.23. The molecule has 4 heterocycles. The van der Waals surface area contributed by atoms with Crippen LogP contribution in [0.2, 0.25) is 0 Å². The van der Waals surface area contributed by atoms with Crippen molar-refractivity contribution in [2.24, 2.45) is 0 Å². The fourth-order valence-electron chi connectivity index (χ4n) is 3.78. The molecule has 0 saturated heterocycles. The van der Waals surface area contributed by atoms with Crippen molar-refractivity contribution in [3.8, 4) is 11.5 Å². The quantitative estimate of drug-likeness (QED) is 0.279. The molecule has 0 spiro atoms. The fraction of sp³-hybridized carbons (Fsp3) is 0.0769. The SMILES string of the molecule is Cc1ccc(Oc2ccc(Nc3nc(N(C)c4ccc5[nH]ncc5c4)c4sccc4n3)cc2)cn1. The van der Waals surface area contributed by atoms with Gasteiger partial charge in [-0.1, -0.05) is 0 Å². The predicted octanol–water partition coefficient (Wildman–Crippen LogP) is 6.57. The number of thiophene rings is 1. The van der Waals surface area contributed by atoms with E-state index in [0.29, 0.717) is 11.7 Å². The van der Waals surface area contributed by atoms with E-state index >= 15 is 0 Å². The summed E-state index contributed by atoms with van der Waals surface area (Å²) in [6.07, 6.45) is 3.54. The summed E-state index contributed by atoms with van der Waals surface area (Å²) in [5, 5.41) is 13.5. The maximum Gasteiger partial charge on any atom is 0.229 e. The number of fused-ring (bicyclic) bond motifs is 2. The average molecular weight is 480 g/mol. The molecule has 35 heavy (non-hydrogen) atoms. The minimum atomic E-state index is 0.526. The van der Waals surface area contributed by atoms with E-state index < -0.39 is 0 Å². The first-order valence-electron chi connectivity index (χ1n) is 11.0. The molecule has 2 aromatic carbocycles. The van der Waals surface area contributed by atoms with Gasteiger partial charge in [-0.25, -0.2) is 4.98 Å². The number of benzene rings is 2. The fourth-order valence-corrected chi connectivity index (χ4v) is 4.63. The molecule has 172 valence electrons. The van der Waals surface area contributed by atoms with Crippen molar-refractivity contribution in [2.45, 2.75) is 6.92 Å². The van der Waals surface area contributed by atoms with Gasteiger partial charge in [0.15, 0.2) is 5.82 Å². The van der Waals surface area contributed by atoms with Gasteiger partial charge in [0.25, 0.3) is 0 Å². The molecule has 6 aromatic rings. The van der Waals surface area contributed by atoms with Crippen LogP contribution in [-0.4, -0.2) is 32.2 Å². The van der Waals surface area contributed by atoms with Gasteiger partial charge < -0.3 is 15.0 Å². The Hall–Kier alpha value is -4.50. The number of hydrogen-bond acceptors (Lipinski definition) is 8. The molecule has 0 aliphatic rings. The van der Waals surface area contributed by atoms with Gasteiger partial charge in [-0.15, -0.1) is 11.3 Å². The number of hydrogen-bond donors (Lipinski definition) is 2. The van der Waals surface area contributed by atoms with E-state index in [1.54, 1.807) is 17.5 Å². The zero-order chi connectivity index (χ0) is 23.8. The van der Waals surface area contributed by atoms with E-state index in [9.17, 15) is 0 Å². The van der Waals surface area contributed by atoms with Crippen LogP contribution in [0.1, 0.15) is 5.69 Å². The molecule has 0 atom stereocenters. The minimum absolute atomic E-state index is 0.526. The van der Waals surface area contributed by atoms with Crippen molar-refractivity contribution >= 4 is 55.6 Å². The van der Waals surface area contributed by atoms with E-state index in [0.717, 1.165) is 49.8 Å². The number of rotatable bonds is 6. The van der Waals surface area contributed by atoms with Crippen LogP contribution in [-0.2, 0) is 0 Å². The van der Waals surface area contributed by atoms with E-state index in [-0.39, 0.29) is 0 Å². The third kappa shape index (κ3) is 4.24. The number of nitrogens with one attached hydrogen (secondary N) is 2. The van der Waals surface area contributed by atoms with E-state index in [2.05, 4.69) is 37.5 Å². The molecule has 8 nitrogen and oxygen atoms in total. The van der Waals surface area contributed by atoms with Crippen molar-refractivity contribution in [1.82, 2.24) is 25.1 Å². The van der Waals surface area contributed by atoms with Crippen LogP contribution < -0.4 is 15.0 Å². The largest absolute Gasteiger partial charge is 0.456 e. The van der Waals surface area contributed by atoms with Gasteiger partial charge in [-0.3, -0.25) is 10.1 Å². The Morgan fingerprint density at radius 1 is 0.943 bits per heavy atom. The molecule has 9 heteroatoms. The molecule has 6 rings (SSSR count). The lowest BCUT2D eigenvalue weighted by Gasteiger charge is -2.20. The third-order valence-electron chi connectivity index (χ3n) is 5.64. The first-order valence-corrected chi connectivity index (χ1v) is 11.9. The number of H-pyrrole nitrogens is 1. The van der Waals surface area contributed by atoms with Crippen molar-refractivity contribution in [1.29, 1.82) is 0 Å². The molecule has 0 saturated carbocycles. The third-order valence-corrected chi connectivity index (χ3v) is 6.54. The summed E-state index contributed by atoms with van der Waals surface area (Å²) in [5.41, 5.74) is 4.73. The second-order valence-corrected chi connectivity index (χ2v) is 9.01. The summed E-state index contributed by atoms with van der Waals surface area (Å²) >= 11 is 1.63. The van der Waals surface area contributed by atoms with Crippen LogP contribution in [0.5, 0.6) is 11.5 Å². The number of anilines is 4. The Morgan fingerprint density at radius 2 is 1.80 bits per heavy atom. The van der Waals surface area contributed by atoms with Crippen molar-refractivity contribution in [3.63, 3.8) is 0 Å². The first kappa shape index (κ1) is 21.1. The van der Waals surface area contributed by atoms with E-state index in [1.165, 1.54) is 0 Å². The van der Waals surface area contributed by atoms with E-state index in [1.807, 2.05) is 74.1 Å². The summed E-state index contributed by atoms with van der Waals surface area (Å²) < 4.78 is 6.91. The molecular weight excluding hydrogens is 458 g/mol. The molecular formula is C26H21N7OS. The molecule has 0 fully saturated rings. The Labute approximate surface area is 205 Å². The lowest BCUT2D eigenvalue weighted by atomic mass is 10.2. The number of nitrogens with zero attached hydrogens (tertiary/aromatic N) is 5. The van der Waals surface area contributed by atoms with Gasteiger partial charge in [0.05, 0.1) is 28.1 Å². The van der Waals surface area contributed by atoms with Gasteiger partial charge in [0.1, 0.15) is 11.5 Å². The summed E-state index contributed by atoms with van der Waals surface area (Å²) in [4.78, 5) is 15.9. The molecule has 0 radical (unpaired) electrons. The summed E-state index contributed by atoms with van der Waals surface area (Å²) in [6, 6.07) is 19.7. The van der Waals surface area contributed by atoms with Crippen molar-refractivity contribution < 1.29 is 4.74 Å². The van der Waals surface area contributed by atoms with Crippen LogP contribution in [0.3, 0.4) is 0 Å². The van der Waals surface area contributed by atoms with Gasteiger partial charge >= 0.3 is 0 Å². The zero-order valence-corrected chi connectivity index (χ0v) is 19.9. The lowest BCUT2D eigenvalue weighted by molar-refractivity contribution is 0.480. The van der Waals surface area contributed by atoms with Crippen LogP contribution >= 0.6 is 11.3 Å². The average Bonchev–Trinajstić information content (AvgIpc) is 3.55. The highest BCUT2D eigenvalue weighted by atomic mass is 32.1. The highest BCUT2D eigenvalue weighted by molar-refractivity contribution is 7.17. The zero-order valence-electron chi connectivity index (χ0n) is 19.1. The second kappa shape index (κ2) is 8.69. The van der Waals surface area contributed by atoms with Gasteiger partial charge in [-0.05, 0) is 73.0 Å². The van der Waals surface area contributed by atoms with Gasteiger partial charge in [-0.2, -0.15) is 10.1 Å². The molecule has 0 aliphatic carbocycles. The van der Waals surface area contributed by atoms with Crippen molar-refractivity contribution in [2.75, 3.05) is 17.3 Å². The topological polar surface area (TPSA) is 91.8 Å². The molecule has 0 unspecified atom stereocenters. The second-order valence-electron chi connectivity index (χ2n) is 8.09. The minimum Gasteiger partial charge on any atom is -0.456 e. The first-order chi connectivity index (χ1) is 17.1. The molecule has 0 amide bonds. The van der Waals surface area contributed by atoms with Gasteiger partial charge in [0, 0.05) is 29.5 Å². The van der Waals surface area contributed by atoms with Gasteiger partial charge in [0.2, 0.25) is 5.95 Å². The summed E-state index contributed by atoms with van der Waals surface area (Å²) in [5.74, 6) is 2.79. The van der Waals surface area contributed by atoms with Crippen LogP contribution in [0.4, 0.5) is 23.1 Å². The maximum absolute atomic E-state index is 5.88. The number of aromatic amines is 1. The van der Waals surface area contributed by atoms with E-state index in [4.69, 9.17) is 14.7 Å². The van der Waals surface area contributed by atoms with Crippen LogP contribution in [0.15, 0.2) is 78.4 Å². The molecule has 2 N–H and O–H groups in total. The van der Waals surface area contributed by atoms with Crippen molar-refractivity contribution in [3.05, 3.63) is 84.1 Å². The molecule has 0 aliphatic heterocycles. The normalized spacial score (nSPS) is 11.1. The number of ether oxygens (including phenoxy) is 1. The Morgan fingerprint density at radius 3 is 2.63 bits per heavy atom. The maximum atomic E-state index is 5.88. The van der Waals surface area contributed by atoms with Crippen LogP contribution in [0, 0.1) is 6.92 Å². The summed E-state index contributed by atoms with van der Waals surface area (Å²) in [6.45, 7) is 1.95. The smallest absolute Gasteiger partial charge is 0.229 e. The number of aromatic nitrogens is 5. The molecule has 4 aromatic heterocycles. The lowest BCUT2D eigenvalue weighted by Crippen LogP contribution is -2.12. The Balaban J connectivity index is 1.27. The standard InChI is InChI=1S/C26H21N7OS/c1-16-3-7-21(15-27-16)34-20-8-4-18(5-9-20)29-26-30-23-11-12-35-24(23)25(31-26)33(2)19-6-10-22-17(13-19)14-28-32-22/h3-15H,1-2H3,(H,28,32)(H,29,30,31). The van der Waals surface area contributed by atoms with Crippen LogP contribution in [0.25, 0.3) is 21.1 Å². The summed E-state index contributed by atoms with van der Waals surface area (Å²) in [7, 11) is 2.01. The number of aryl methyl sites for hydroxylation is 1. The molecule has 0 bridgehead atoms. The number of pyridine rings is 1. The highest BCUT2D eigenvalue weighted by Crippen LogP contribution is 2.35. The monoisotopic (exact) mass is 479 g/mol. The highest BCUT2D eigenvalue weighted by Gasteiger charge is 2.15. The predicted molar refractivity (Wildman–Crippen MR) is 140 cm³/mol. The Bertz CT molecular complexity index is 1620.